The Balaban J connectivity index is 2.14. The molecule has 6 nitrogen and oxygen atoms in total. The SMILES string of the molecule is Cn1nccc1CNc1nccnc1C(N)=S. The first-order chi connectivity index (χ1) is 8.18. The summed E-state index contributed by atoms with van der Waals surface area (Å²) >= 11 is 4.91. The summed E-state index contributed by atoms with van der Waals surface area (Å²) in [6, 6.07) is 1.92. The molecule has 0 atom stereocenters. The highest BCUT2D eigenvalue weighted by Crippen LogP contribution is 2.09. The molecule has 2 heterocycles. The smallest absolute Gasteiger partial charge is 0.155 e. The second-order valence-electron chi connectivity index (χ2n) is 3.42. The van der Waals surface area contributed by atoms with Gasteiger partial charge in [0.1, 0.15) is 10.7 Å². The molecule has 0 amide bonds. The maximum absolute atomic E-state index is 5.56. The zero-order valence-corrected chi connectivity index (χ0v) is 10.1. The first-order valence-corrected chi connectivity index (χ1v) is 5.41. The fourth-order valence-corrected chi connectivity index (χ4v) is 1.55. The van der Waals surface area contributed by atoms with Crippen molar-refractivity contribution in [1.29, 1.82) is 0 Å². The molecule has 7 heteroatoms. The molecule has 0 bridgehead atoms. The Morgan fingerprint density at radius 1 is 1.41 bits per heavy atom. The normalized spacial score (nSPS) is 10.2. The molecule has 0 aliphatic rings. The lowest BCUT2D eigenvalue weighted by Gasteiger charge is -2.08. The number of nitrogens with two attached hydrogens (primary N) is 1. The molecule has 0 aromatic carbocycles. The second-order valence-corrected chi connectivity index (χ2v) is 3.86. The second kappa shape index (κ2) is 4.88. The molecule has 0 unspecified atom stereocenters. The third kappa shape index (κ3) is 2.56. The number of nitrogens with zero attached hydrogens (tertiary/aromatic N) is 4. The molecule has 17 heavy (non-hydrogen) atoms. The van der Waals surface area contributed by atoms with Crippen molar-refractivity contribution in [2.75, 3.05) is 5.32 Å². The van der Waals surface area contributed by atoms with Crippen LogP contribution in [-0.2, 0) is 13.6 Å². The third-order valence-corrected chi connectivity index (χ3v) is 2.48. The van der Waals surface area contributed by atoms with E-state index in [0.29, 0.717) is 18.1 Å². The molecule has 0 saturated carbocycles. The van der Waals surface area contributed by atoms with Crippen LogP contribution in [0, 0.1) is 0 Å². The van der Waals surface area contributed by atoms with Crippen molar-refractivity contribution in [2.24, 2.45) is 12.8 Å². The van der Waals surface area contributed by atoms with E-state index in [1.807, 2.05) is 13.1 Å². The Morgan fingerprint density at radius 2 is 2.18 bits per heavy atom. The molecular formula is C10H12N6S. The Hall–Kier alpha value is -2.02. The number of thiocarbonyl (C=S) groups is 1. The van der Waals surface area contributed by atoms with E-state index in [4.69, 9.17) is 18.0 Å². The molecule has 0 aliphatic heterocycles. The van der Waals surface area contributed by atoms with E-state index in [2.05, 4.69) is 20.4 Å². The van der Waals surface area contributed by atoms with Crippen molar-refractivity contribution < 1.29 is 0 Å². The summed E-state index contributed by atoms with van der Waals surface area (Å²) in [5, 5.41) is 7.21. The highest BCUT2D eigenvalue weighted by molar-refractivity contribution is 7.80. The van der Waals surface area contributed by atoms with Gasteiger partial charge in [-0.15, -0.1) is 0 Å². The largest absolute Gasteiger partial charge is 0.388 e. The minimum atomic E-state index is 0.227. The van der Waals surface area contributed by atoms with Crippen molar-refractivity contribution in [3.05, 3.63) is 36.0 Å². The maximum atomic E-state index is 5.56. The van der Waals surface area contributed by atoms with E-state index < -0.39 is 0 Å². The average Bonchev–Trinajstić information content (AvgIpc) is 2.72. The van der Waals surface area contributed by atoms with Crippen molar-refractivity contribution >= 4 is 23.0 Å². The van der Waals surface area contributed by atoms with E-state index in [1.165, 1.54) is 0 Å². The van der Waals surface area contributed by atoms with Crippen LogP contribution in [0.4, 0.5) is 5.82 Å². The molecule has 2 rings (SSSR count). The van der Waals surface area contributed by atoms with Crippen LogP contribution in [-0.4, -0.2) is 24.7 Å². The minimum absolute atomic E-state index is 0.227. The predicted octanol–water partition coefficient (Wildman–Crippen LogP) is 0.456. The number of rotatable bonds is 4. The fourth-order valence-electron chi connectivity index (χ4n) is 1.40. The van der Waals surface area contributed by atoms with Crippen molar-refractivity contribution in [1.82, 2.24) is 19.7 Å². The molecule has 0 fully saturated rings. The number of aryl methyl sites for hydroxylation is 1. The summed E-state index contributed by atoms with van der Waals surface area (Å²) in [5.41, 5.74) is 7.10. The number of hydrogen-bond acceptors (Lipinski definition) is 5. The van der Waals surface area contributed by atoms with E-state index in [-0.39, 0.29) is 4.99 Å². The summed E-state index contributed by atoms with van der Waals surface area (Å²) in [7, 11) is 1.88. The van der Waals surface area contributed by atoms with Gasteiger partial charge >= 0.3 is 0 Å². The van der Waals surface area contributed by atoms with Crippen LogP contribution < -0.4 is 11.1 Å². The molecular weight excluding hydrogens is 236 g/mol. The lowest BCUT2D eigenvalue weighted by Crippen LogP contribution is -2.16. The Kier molecular flexibility index (Phi) is 3.29. The molecule has 88 valence electrons. The van der Waals surface area contributed by atoms with Gasteiger partial charge in [0.25, 0.3) is 0 Å². The highest BCUT2D eigenvalue weighted by Gasteiger charge is 2.07. The average molecular weight is 248 g/mol. The van der Waals surface area contributed by atoms with Gasteiger partial charge in [-0.3, -0.25) is 4.68 Å². The molecule has 2 aromatic rings. The first-order valence-electron chi connectivity index (χ1n) is 5.00. The van der Waals surface area contributed by atoms with Gasteiger partial charge in [0.2, 0.25) is 0 Å². The van der Waals surface area contributed by atoms with Crippen LogP contribution in [0.1, 0.15) is 11.4 Å². The lowest BCUT2D eigenvalue weighted by molar-refractivity contribution is 0.719. The summed E-state index contributed by atoms with van der Waals surface area (Å²) < 4.78 is 1.78. The quantitative estimate of drug-likeness (QED) is 0.765. The summed E-state index contributed by atoms with van der Waals surface area (Å²) in [6.07, 6.45) is 4.89. The van der Waals surface area contributed by atoms with Gasteiger partial charge in [-0.05, 0) is 6.07 Å². The number of hydrogen-bond donors (Lipinski definition) is 2. The standard InChI is InChI=1S/C10H12N6S/c1-16-7(2-3-15-16)6-14-10-8(9(11)17)12-4-5-13-10/h2-5H,6H2,1H3,(H2,11,17)(H,13,14). The molecule has 0 saturated heterocycles. The van der Waals surface area contributed by atoms with E-state index in [0.717, 1.165) is 5.69 Å². The monoisotopic (exact) mass is 248 g/mol. The van der Waals surface area contributed by atoms with Crippen LogP contribution in [0.25, 0.3) is 0 Å². The molecule has 3 N–H and O–H groups in total. The summed E-state index contributed by atoms with van der Waals surface area (Å²) in [4.78, 5) is 8.47. The Labute approximate surface area is 104 Å². The van der Waals surface area contributed by atoms with Gasteiger partial charge in [-0.25, -0.2) is 9.97 Å². The van der Waals surface area contributed by atoms with Crippen LogP contribution in [0.3, 0.4) is 0 Å². The predicted molar refractivity (Wildman–Crippen MR) is 68.5 cm³/mol. The number of nitrogens with one attached hydrogen (secondary N) is 1. The minimum Gasteiger partial charge on any atom is -0.388 e. The molecule has 0 aliphatic carbocycles. The maximum Gasteiger partial charge on any atom is 0.155 e. The van der Waals surface area contributed by atoms with Crippen LogP contribution in [0.5, 0.6) is 0 Å². The molecule has 0 spiro atoms. The van der Waals surface area contributed by atoms with Gasteiger partial charge in [0, 0.05) is 25.6 Å². The van der Waals surface area contributed by atoms with Gasteiger partial charge in [-0.2, -0.15) is 5.10 Å². The zero-order valence-electron chi connectivity index (χ0n) is 9.29. The summed E-state index contributed by atoms with van der Waals surface area (Å²) in [5.74, 6) is 0.584. The Morgan fingerprint density at radius 3 is 2.82 bits per heavy atom. The van der Waals surface area contributed by atoms with Crippen LogP contribution >= 0.6 is 12.2 Å². The lowest BCUT2D eigenvalue weighted by atomic mass is 10.3. The van der Waals surface area contributed by atoms with Crippen LogP contribution in [0.2, 0.25) is 0 Å². The van der Waals surface area contributed by atoms with E-state index in [9.17, 15) is 0 Å². The number of aromatic nitrogens is 4. The van der Waals surface area contributed by atoms with Gasteiger partial charge in [0.05, 0.1) is 12.2 Å². The number of anilines is 1. The van der Waals surface area contributed by atoms with Crippen molar-refractivity contribution in [3.8, 4) is 0 Å². The van der Waals surface area contributed by atoms with Crippen molar-refractivity contribution in [2.45, 2.75) is 6.54 Å². The molecule has 2 aromatic heterocycles. The zero-order chi connectivity index (χ0) is 12.3. The van der Waals surface area contributed by atoms with Gasteiger partial charge in [-0.1, -0.05) is 12.2 Å². The van der Waals surface area contributed by atoms with Gasteiger partial charge < -0.3 is 11.1 Å². The third-order valence-electron chi connectivity index (χ3n) is 2.29. The first kappa shape index (κ1) is 11.5. The summed E-state index contributed by atoms with van der Waals surface area (Å²) in [6.45, 7) is 0.588. The topological polar surface area (TPSA) is 81.7 Å². The van der Waals surface area contributed by atoms with Crippen molar-refractivity contribution in [3.63, 3.8) is 0 Å². The van der Waals surface area contributed by atoms with Crippen LogP contribution in [0.15, 0.2) is 24.7 Å². The molecule has 0 radical (unpaired) electrons. The Bertz CT molecular complexity index is 535. The van der Waals surface area contributed by atoms with Gasteiger partial charge in [0.15, 0.2) is 5.82 Å². The van der Waals surface area contributed by atoms with E-state index in [1.54, 1.807) is 23.3 Å². The van der Waals surface area contributed by atoms with E-state index >= 15 is 0 Å². The highest BCUT2D eigenvalue weighted by atomic mass is 32.1. The fraction of sp³-hybridized carbons (Fsp3) is 0.200.